The van der Waals surface area contributed by atoms with Crippen molar-refractivity contribution in [1.29, 1.82) is 0 Å². The van der Waals surface area contributed by atoms with E-state index in [4.69, 9.17) is 5.11 Å². The number of aromatic nitrogens is 1. The second-order valence-electron chi connectivity index (χ2n) is 5.88. The van der Waals surface area contributed by atoms with Crippen LogP contribution in [-0.4, -0.2) is 15.6 Å². The summed E-state index contributed by atoms with van der Waals surface area (Å²) in [4.78, 5) is 23.4. The van der Waals surface area contributed by atoms with Gasteiger partial charge in [0.2, 0.25) is 0 Å². The number of para-hydroxylation sites is 1. The van der Waals surface area contributed by atoms with Gasteiger partial charge in [-0.05, 0) is 41.8 Å². The molecule has 0 saturated carbocycles. The molecule has 0 atom stereocenters. The molecule has 25 heavy (non-hydrogen) atoms. The van der Waals surface area contributed by atoms with E-state index in [0.717, 1.165) is 34.7 Å². The predicted molar refractivity (Wildman–Crippen MR) is 102 cm³/mol. The molecule has 1 heterocycles. The number of rotatable bonds is 4. The number of fused-ring (bicyclic) bond motifs is 2. The van der Waals surface area contributed by atoms with Crippen molar-refractivity contribution in [2.75, 3.05) is 0 Å². The van der Waals surface area contributed by atoms with Gasteiger partial charge in [0, 0.05) is 23.9 Å². The van der Waals surface area contributed by atoms with E-state index < -0.39 is 5.97 Å². The standard InChI is InChI=1S/C21H19NO3/c1-3-14(7-6-10-20(23)24)15-11-12-17-19(13-15)22(2)18-9-5-4-8-16(18)21(17)25/h4-13H,3H2,1-2H3,(H,23,24)/b10-6+,14-7+. The molecular formula is C21H19NO3. The third-order valence-corrected chi connectivity index (χ3v) is 4.40. The Morgan fingerprint density at radius 2 is 1.84 bits per heavy atom. The molecule has 0 fully saturated rings. The Morgan fingerprint density at radius 1 is 1.12 bits per heavy atom. The maximum atomic E-state index is 12.7. The number of hydrogen-bond acceptors (Lipinski definition) is 2. The van der Waals surface area contributed by atoms with Crippen LogP contribution >= 0.6 is 0 Å². The maximum Gasteiger partial charge on any atom is 0.328 e. The Hall–Kier alpha value is -3.14. The highest BCUT2D eigenvalue weighted by Crippen LogP contribution is 2.24. The molecule has 1 aromatic heterocycles. The van der Waals surface area contributed by atoms with Gasteiger partial charge in [0.15, 0.2) is 5.43 Å². The van der Waals surface area contributed by atoms with E-state index >= 15 is 0 Å². The lowest BCUT2D eigenvalue weighted by molar-refractivity contribution is -0.131. The maximum absolute atomic E-state index is 12.7. The van der Waals surface area contributed by atoms with Crippen molar-refractivity contribution >= 4 is 33.3 Å². The summed E-state index contributed by atoms with van der Waals surface area (Å²) in [5.41, 5.74) is 3.78. The lowest BCUT2D eigenvalue weighted by Crippen LogP contribution is -2.09. The smallest absolute Gasteiger partial charge is 0.328 e. The SMILES string of the molecule is CC/C(=C\C=C\C(=O)O)c1ccc2c(=O)c3ccccc3n(C)c2c1. The molecule has 3 rings (SSSR count). The number of aliphatic carboxylic acids is 1. The third kappa shape index (κ3) is 3.11. The van der Waals surface area contributed by atoms with E-state index in [1.807, 2.05) is 61.0 Å². The van der Waals surface area contributed by atoms with Gasteiger partial charge in [0.1, 0.15) is 0 Å². The minimum atomic E-state index is -0.973. The van der Waals surface area contributed by atoms with Crippen molar-refractivity contribution in [3.05, 3.63) is 76.5 Å². The Labute approximate surface area is 145 Å². The molecule has 3 aromatic rings. The molecule has 0 aliphatic heterocycles. The summed E-state index contributed by atoms with van der Waals surface area (Å²) in [5.74, 6) is -0.973. The molecule has 0 amide bonds. The number of hydrogen-bond donors (Lipinski definition) is 1. The zero-order chi connectivity index (χ0) is 18.0. The number of aryl methyl sites for hydroxylation is 1. The van der Waals surface area contributed by atoms with Crippen LogP contribution in [0.1, 0.15) is 18.9 Å². The van der Waals surface area contributed by atoms with Crippen molar-refractivity contribution in [2.24, 2.45) is 7.05 Å². The van der Waals surface area contributed by atoms with E-state index in [0.29, 0.717) is 10.8 Å². The average Bonchev–Trinajstić information content (AvgIpc) is 2.63. The van der Waals surface area contributed by atoms with Crippen molar-refractivity contribution in [2.45, 2.75) is 13.3 Å². The van der Waals surface area contributed by atoms with Crippen LogP contribution in [-0.2, 0) is 11.8 Å². The van der Waals surface area contributed by atoms with Crippen molar-refractivity contribution < 1.29 is 9.90 Å². The van der Waals surface area contributed by atoms with Crippen LogP contribution in [0, 0.1) is 0 Å². The van der Waals surface area contributed by atoms with Gasteiger partial charge in [-0.15, -0.1) is 0 Å². The number of carboxylic acid groups (broad SMARTS) is 1. The van der Waals surface area contributed by atoms with Gasteiger partial charge in [-0.3, -0.25) is 4.79 Å². The highest BCUT2D eigenvalue weighted by molar-refractivity contribution is 5.94. The predicted octanol–water partition coefficient (Wildman–Crippen LogP) is 4.13. The van der Waals surface area contributed by atoms with Gasteiger partial charge >= 0.3 is 5.97 Å². The van der Waals surface area contributed by atoms with Crippen LogP contribution < -0.4 is 5.43 Å². The Kier molecular flexibility index (Phi) is 4.52. The lowest BCUT2D eigenvalue weighted by Gasteiger charge is -2.12. The number of benzene rings is 2. The molecule has 0 aliphatic carbocycles. The summed E-state index contributed by atoms with van der Waals surface area (Å²) in [6, 6.07) is 13.3. The summed E-state index contributed by atoms with van der Waals surface area (Å²) < 4.78 is 2.02. The summed E-state index contributed by atoms with van der Waals surface area (Å²) in [7, 11) is 1.95. The van der Waals surface area contributed by atoms with E-state index in [9.17, 15) is 9.59 Å². The first-order valence-electron chi connectivity index (χ1n) is 8.15. The fourth-order valence-corrected chi connectivity index (χ4v) is 3.10. The van der Waals surface area contributed by atoms with Gasteiger partial charge in [0.05, 0.1) is 11.0 Å². The number of nitrogens with zero attached hydrogens (tertiary/aromatic N) is 1. The molecule has 126 valence electrons. The second kappa shape index (κ2) is 6.77. The molecule has 0 bridgehead atoms. The molecule has 2 aromatic carbocycles. The highest BCUT2D eigenvalue weighted by Gasteiger charge is 2.09. The van der Waals surface area contributed by atoms with E-state index in [1.54, 1.807) is 6.08 Å². The number of allylic oxidation sites excluding steroid dienone is 3. The number of pyridine rings is 1. The van der Waals surface area contributed by atoms with Crippen molar-refractivity contribution in [3.63, 3.8) is 0 Å². The van der Waals surface area contributed by atoms with Crippen molar-refractivity contribution in [1.82, 2.24) is 4.57 Å². The summed E-state index contributed by atoms with van der Waals surface area (Å²) in [6.45, 7) is 2.02. The molecule has 4 nitrogen and oxygen atoms in total. The third-order valence-electron chi connectivity index (χ3n) is 4.40. The lowest BCUT2D eigenvalue weighted by atomic mass is 10.00. The van der Waals surface area contributed by atoms with E-state index in [2.05, 4.69) is 0 Å². The average molecular weight is 333 g/mol. The van der Waals surface area contributed by atoms with Gasteiger partial charge < -0.3 is 9.67 Å². The molecule has 0 spiro atoms. The van der Waals surface area contributed by atoms with Crippen LogP contribution in [0.15, 0.2) is 65.5 Å². The minimum absolute atomic E-state index is 0.0306. The largest absolute Gasteiger partial charge is 0.478 e. The molecule has 0 radical (unpaired) electrons. The highest BCUT2D eigenvalue weighted by atomic mass is 16.4. The topological polar surface area (TPSA) is 59.3 Å². The first-order valence-corrected chi connectivity index (χ1v) is 8.15. The fraction of sp³-hybridized carbons (Fsp3) is 0.143. The Balaban J connectivity index is 2.23. The molecule has 0 saturated heterocycles. The van der Waals surface area contributed by atoms with Crippen LogP contribution in [0.5, 0.6) is 0 Å². The van der Waals surface area contributed by atoms with E-state index in [1.165, 1.54) is 6.08 Å². The van der Waals surface area contributed by atoms with E-state index in [-0.39, 0.29) is 5.43 Å². The summed E-state index contributed by atoms with van der Waals surface area (Å²) in [6.07, 6.45) is 5.20. The molecular weight excluding hydrogens is 314 g/mol. The molecule has 4 heteroatoms. The number of carbonyl (C=O) groups is 1. The zero-order valence-corrected chi connectivity index (χ0v) is 14.2. The molecule has 0 unspecified atom stereocenters. The van der Waals surface area contributed by atoms with Crippen LogP contribution in [0.2, 0.25) is 0 Å². The van der Waals surface area contributed by atoms with Gasteiger partial charge in [-0.25, -0.2) is 4.79 Å². The normalized spacial score (nSPS) is 12.3. The van der Waals surface area contributed by atoms with Crippen LogP contribution in [0.25, 0.3) is 27.4 Å². The van der Waals surface area contributed by atoms with Crippen LogP contribution in [0.3, 0.4) is 0 Å². The van der Waals surface area contributed by atoms with Crippen LogP contribution in [0.4, 0.5) is 0 Å². The van der Waals surface area contributed by atoms with Gasteiger partial charge in [-0.1, -0.05) is 37.3 Å². The Morgan fingerprint density at radius 3 is 2.56 bits per heavy atom. The van der Waals surface area contributed by atoms with Gasteiger partial charge in [-0.2, -0.15) is 0 Å². The minimum Gasteiger partial charge on any atom is -0.478 e. The number of carboxylic acids is 1. The zero-order valence-electron chi connectivity index (χ0n) is 14.2. The first kappa shape index (κ1) is 16.7. The van der Waals surface area contributed by atoms with Gasteiger partial charge in [0.25, 0.3) is 0 Å². The Bertz CT molecular complexity index is 1090. The first-order chi connectivity index (χ1) is 12.0. The molecule has 0 aliphatic rings. The summed E-state index contributed by atoms with van der Waals surface area (Å²) in [5, 5.41) is 10.1. The fourth-order valence-electron chi connectivity index (χ4n) is 3.10. The molecule has 1 N–H and O–H groups in total. The monoisotopic (exact) mass is 333 g/mol. The van der Waals surface area contributed by atoms with Crippen molar-refractivity contribution in [3.8, 4) is 0 Å². The second-order valence-corrected chi connectivity index (χ2v) is 5.88. The quantitative estimate of drug-likeness (QED) is 0.444. The summed E-state index contributed by atoms with van der Waals surface area (Å²) >= 11 is 0.